The Bertz CT molecular complexity index is 1280. The lowest BCUT2D eigenvalue weighted by atomic mass is 9.88. The van der Waals surface area contributed by atoms with Crippen molar-refractivity contribution in [3.8, 4) is 0 Å². The van der Waals surface area contributed by atoms with Crippen LogP contribution in [0.2, 0.25) is 0 Å². The lowest BCUT2D eigenvalue weighted by Gasteiger charge is -2.18. The van der Waals surface area contributed by atoms with E-state index in [-0.39, 0.29) is 28.9 Å². The smallest absolute Gasteiger partial charge is 0.270 e. The highest BCUT2D eigenvalue weighted by molar-refractivity contribution is 5.88. The normalized spacial score (nSPS) is 12.1. The van der Waals surface area contributed by atoms with E-state index in [1.54, 1.807) is 18.2 Å². The SMILES string of the molecule is CC(C)CNC(=O)C[C@H](c1ccccc1)c1cn(Cc2ccccc2)c2ccc([N+](=O)[O-])cc12. The van der Waals surface area contributed by atoms with Gasteiger partial charge in [0.25, 0.3) is 5.69 Å². The molecule has 3 aromatic carbocycles. The number of hydrogen-bond donors (Lipinski definition) is 1. The first-order chi connectivity index (χ1) is 16.4. The van der Waals surface area contributed by atoms with Crippen molar-refractivity contribution in [2.75, 3.05) is 6.54 Å². The summed E-state index contributed by atoms with van der Waals surface area (Å²) < 4.78 is 2.12. The van der Waals surface area contributed by atoms with Crippen LogP contribution in [0.3, 0.4) is 0 Å². The molecule has 0 fully saturated rings. The number of nitro groups is 1. The number of aromatic nitrogens is 1. The van der Waals surface area contributed by atoms with Gasteiger partial charge in [-0.1, -0.05) is 74.5 Å². The minimum Gasteiger partial charge on any atom is -0.356 e. The van der Waals surface area contributed by atoms with Gasteiger partial charge in [0.2, 0.25) is 5.91 Å². The van der Waals surface area contributed by atoms with E-state index in [9.17, 15) is 14.9 Å². The summed E-state index contributed by atoms with van der Waals surface area (Å²) in [7, 11) is 0. The number of carbonyl (C=O) groups excluding carboxylic acids is 1. The molecule has 0 spiro atoms. The quantitative estimate of drug-likeness (QED) is 0.252. The monoisotopic (exact) mass is 455 g/mol. The highest BCUT2D eigenvalue weighted by Gasteiger charge is 2.24. The van der Waals surface area contributed by atoms with E-state index in [0.717, 1.165) is 27.6 Å². The Balaban J connectivity index is 1.82. The first-order valence-electron chi connectivity index (χ1n) is 11.5. The third-order valence-corrected chi connectivity index (χ3v) is 5.98. The van der Waals surface area contributed by atoms with Crippen molar-refractivity contribution in [3.63, 3.8) is 0 Å². The fourth-order valence-electron chi connectivity index (χ4n) is 4.28. The number of hydrogen-bond acceptors (Lipinski definition) is 3. The standard InChI is InChI=1S/C28H29N3O3/c1-20(2)17-29-28(32)16-24(22-11-7-4-8-12-22)26-19-30(18-21-9-5-3-6-10-21)27-14-13-23(31(33)34)15-25(26)27/h3-15,19-20,24H,16-18H2,1-2H3,(H,29,32)/t24-/m1/s1. The Morgan fingerprint density at radius 3 is 2.32 bits per heavy atom. The maximum atomic E-state index is 12.9. The second kappa shape index (κ2) is 10.3. The number of rotatable bonds is 9. The van der Waals surface area contributed by atoms with Crippen LogP contribution in [0.5, 0.6) is 0 Å². The molecule has 0 aliphatic carbocycles. The zero-order valence-electron chi connectivity index (χ0n) is 19.5. The Morgan fingerprint density at radius 1 is 1.00 bits per heavy atom. The highest BCUT2D eigenvalue weighted by Crippen LogP contribution is 2.36. The van der Waals surface area contributed by atoms with Crippen LogP contribution in [-0.4, -0.2) is 21.9 Å². The van der Waals surface area contributed by atoms with E-state index < -0.39 is 0 Å². The molecule has 1 aromatic heterocycles. The second-order valence-electron chi connectivity index (χ2n) is 9.02. The van der Waals surface area contributed by atoms with Crippen molar-refractivity contribution in [1.29, 1.82) is 0 Å². The zero-order chi connectivity index (χ0) is 24.1. The number of nitrogens with zero attached hydrogens (tertiary/aromatic N) is 2. The minimum atomic E-state index is -0.370. The molecule has 1 N–H and O–H groups in total. The van der Waals surface area contributed by atoms with Gasteiger partial charge in [-0.3, -0.25) is 14.9 Å². The number of nitrogens with one attached hydrogen (secondary N) is 1. The van der Waals surface area contributed by atoms with Crippen LogP contribution in [0, 0.1) is 16.0 Å². The van der Waals surface area contributed by atoms with E-state index in [1.807, 2.05) is 48.5 Å². The number of carbonyl (C=O) groups is 1. The van der Waals surface area contributed by atoms with Crippen LogP contribution in [0.4, 0.5) is 5.69 Å². The van der Waals surface area contributed by atoms with Gasteiger partial charge in [-0.25, -0.2) is 0 Å². The van der Waals surface area contributed by atoms with Gasteiger partial charge in [0.15, 0.2) is 0 Å². The molecular formula is C28H29N3O3. The van der Waals surface area contributed by atoms with Crippen molar-refractivity contribution in [2.45, 2.75) is 32.7 Å². The fourth-order valence-corrected chi connectivity index (χ4v) is 4.28. The Kier molecular flexibility index (Phi) is 7.07. The topological polar surface area (TPSA) is 77.2 Å². The molecule has 0 aliphatic heterocycles. The van der Waals surface area contributed by atoms with Crippen molar-refractivity contribution in [2.24, 2.45) is 5.92 Å². The average Bonchev–Trinajstić information content (AvgIpc) is 3.19. The van der Waals surface area contributed by atoms with Gasteiger partial charge >= 0.3 is 0 Å². The van der Waals surface area contributed by atoms with E-state index in [0.29, 0.717) is 19.0 Å². The largest absolute Gasteiger partial charge is 0.356 e. The molecule has 4 aromatic rings. The van der Waals surface area contributed by atoms with E-state index in [4.69, 9.17) is 0 Å². The van der Waals surface area contributed by atoms with Crippen LogP contribution in [0.15, 0.2) is 85.1 Å². The molecule has 0 saturated carbocycles. The molecule has 0 radical (unpaired) electrons. The number of fused-ring (bicyclic) bond motifs is 1. The summed E-state index contributed by atoms with van der Waals surface area (Å²) in [5.41, 5.74) is 4.01. The Morgan fingerprint density at radius 2 is 1.68 bits per heavy atom. The fraction of sp³-hybridized carbons (Fsp3) is 0.250. The predicted molar refractivity (Wildman–Crippen MR) is 135 cm³/mol. The third kappa shape index (κ3) is 5.34. The van der Waals surface area contributed by atoms with Crippen LogP contribution in [0.1, 0.15) is 42.9 Å². The number of amides is 1. The van der Waals surface area contributed by atoms with Gasteiger partial charge in [-0.05, 0) is 28.7 Å². The molecule has 0 bridgehead atoms. The van der Waals surface area contributed by atoms with Crippen LogP contribution in [0.25, 0.3) is 10.9 Å². The molecular weight excluding hydrogens is 426 g/mol. The first-order valence-corrected chi connectivity index (χ1v) is 11.5. The first kappa shape index (κ1) is 23.2. The van der Waals surface area contributed by atoms with Crippen molar-refractivity contribution >= 4 is 22.5 Å². The summed E-state index contributed by atoms with van der Waals surface area (Å²) in [5.74, 6) is 0.0985. The van der Waals surface area contributed by atoms with E-state index in [1.165, 1.54) is 0 Å². The maximum Gasteiger partial charge on any atom is 0.270 e. The van der Waals surface area contributed by atoms with Crippen molar-refractivity contribution < 1.29 is 9.72 Å². The minimum absolute atomic E-state index is 0.0306. The van der Waals surface area contributed by atoms with E-state index in [2.05, 4.69) is 42.1 Å². The maximum absolute atomic E-state index is 12.9. The summed E-state index contributed by atoms with van der Waals surface area (Å²) in [4.78, 5) is 24.1. The van der Waals surface area contributed by atoms with Crippen LogP contribution in [-0.2, 0) is 11.3 Å². The summed E-state index contributed by atoms with van der Waals surface area (Å²) in [6.45, 7) is 5.37. The average molecular weight is 456 g/mol. The number of nitro benzene ring substituents is 1. The van der Waals surface area contributed by atoms with Gasteiger partial charge < -0.3 is 9.88 Å². The lowest BCUT2D eigenvalue weighted by molar-refractivity contribution is -0.384. The Labute approximate surface area is 199 Å². The molecule has 0 saturated heterocycles. The number of benzene rings is 3. The predicted octanol–water partition coefficient (Wildman–Crippen LogP) is 5.89. The number of non-ortho nitro benzene ring substituents is 1. The van der Waals surface area contributed by atoms with Gasteiger partial charge in [-0.2, -0.15) is 0 Å². The molecule has 1 heterocycles. The van der Waals surface area contributed by atoms with Gasteiger partial charge in [0.05, 0.1) is 4.92 Å². The Hall–Kier alpha value is -3.93. The molecule has 174 valence electrons. The second-order valence-corrected chi connectivity index (χ2v) is 9.02. The summed E-state index contributed by atoms with van der Waals surface area (Å²) in [5, 5.41) is 15.4. The molecule has 0 unspecified atom stereocenters. The molecule has 1 atom stereocenters. The summed E-state index contributed by atoms with van der Waals surface area (Å²) in [6, 6.07) is 25.0. The van der Waals surface area contributed by atoms with Gasteiger partial charge in [0, 0.05) is 54.7 Å². The molecule has 1 amide bonds. The lowest BCUT2D eigenvalue weighted by Crippen LogP contribution is -2.28. The third-order valence-electron chi connectivity index (χ3n) is 5.98. The summed E-state index contributed by atoms with van der Waals surface area (Å²) >= 11 is 0. The molecule has 34 heavy (non-hydrogen) atoms. The zero-order valence-corrected chi connectivity index (χ0v) is 19.5. The van der Waals surface area contributed by atoms with Gasteiger partial charge in [0.1, 0.15) is 0 Å². The van der Waals surface area contributed by atoms with Crippen LogP contribution >= 0.6 is 0 Å². The van der Waals surface area contributed by atoms with Crippen LogP contribution < -0.4 is 5.32 Å². The van der Waals surface area contributed by atoms with E-state index >= 15 is 0 Å². The molecule has 4 rings (SSSR count). The van der Waals surface area contributed by atoms with Crippen molar-refractivity contribution in [1.82, 2.24) is 9.88 Å². The van der Waals surface area contributed by atoms with Crippen molar-refractivity contribution in [3.05, 3.63) is 112 Å². The molecule has 0 aliphatic rings. The summed E-state index contributed by atoms with van der Waals surface area (Å²) in [6.07, 6.45) is 2.32. The van der Waals surface area contributed by atoms with Gasteiger partial charge in [-0.15, -0.1) is 0 Å². The highest BCUT2D eigenvalue weighted by atomic mass is 16.6. The molecule has 6 heteroatoms. The molecule has 6 nitrogen and oxygen atoms in total.